The Kier molecular flexibility index (Phi) is 3.01. The molecule has 3 saturated carbocycles. The van der Waals surface area contributed by atoms with Gasteiger partial charge < -0.3 is 5.11 Å². The first kappa shape index (κ1) is 12.0. The zero-order valence-electron chi connectivity index (χ0n) is 11.5. The van der Waals surface area contributed by atoms with Gasteiger partial charge in [-0.2, -0.15) is 0 Å². The normalized spacial score (nSPS) is 54.2. The highest BCUT2D eigenvalue weighted by atomic mass is 16.3. The molecule has 0 aliphatic heterocycles. The number of hydrogen-bond acceptors (Lipinski definition) is 1. The summed E-state index contributed by atoms with van der Waals surface area (Å²) in [6.07, 6.45) is 10.4. The third-order valence-electron chi connectivity index (χ3n) is 5.79. The third-order valence-corrected chi connectivity index (χ3v) is 5.79. The summed E-state index contributed by atoms with van der Waals surface area (Å²) in [4.78, 5) is 0. The van der Waals surface area contributed by atoms with Gasteiger partial charge in [0.25, 0.3) is 0 Å². The molecular formula is C16H28O. The van der Waals surface area contributed by atoms with E-state index >= 15 is 0 Å². The zero-order chi connectivity index (χ0) is 12.0. The van der Waals surface area contributed by atoms with Crippen molar-refractivity contribution in [2.45, 2.75) is 70.8 Å². The Balaban J connectivity index is 1.63. The molecule has 1 heteroatoms. The van der Waals surface area contributed by atoms with E-state index in [1.54, 1.807) is 0 Å². The fraction of sp³-hybridized carbons (Fsp3) is 1.00. The van der Waals surface area contributed by atoms with Crippen LogP contribution in [0.5, 0.6) is 0 Å². The molecule has 3 aliphatic rings. The standard InChI is InChI=1S/C16H28O/c1-11-5-12(2)9-16(17,8-11)10-15-7-13-3-4-14(15)6-13/h11-15,17H,3-10H2,1-2H3. The van der Waals surface area contributed by atoms with Gasteiger partial charge in [-0.3, -0.25) is 0 Å². The molecule has 0 aromatic carbocycles. The molecule has 0 saturated heterocycles. The predicted molar refractivity (Wildman–Crippen MR) is 70.7 cm³/mol. The summed E-state index contributed by atoms with van der Waals surface area (Å²) >= 11 is 0. The highest BCUT2D eigenvalue weighted by Crippen LogP contribution is 2.52. The van der Waals surface area contributed by atoms with Gasteiger partial charge in [-0.15, -0.1) is 0 Å². The minimum Gasteiger partial charge on any atom is -0.390 e. The van der Waals surface area contributed by atoms with Gasteiger partial charge >= 0.3 is 0 Å². The summed E-state index contributed by atoms with van der Waals surface area (Å²) in [7, 11) is 0. The van der Waals surface area contributed by atoms with Crippen LogP contribution in [-0.2, 0) is 0 Å². The molecule has 3 fully saturated rings. The Bertz CT molecular complexity index is 275. The molecule has 5 unspecified atom stereocenters. The second kappa shape index (κ2) is 4.26. The van der Waals surface area contributed by atoms with Crippen LogP contribution in [-0.4, -0.2) is 10.7 Å². The van der Waals surface area contributed by atoms with Crippen molar-refractivity contribution in [3.05, 3.63) is 0 Å². The van der Waals surface area contributed by atoms with Crippen molar-refractivity contribution in [2.75, 3.05) is 0 Å². The molecule has 5 atom stereocenters. The second-order valence-electron chi connectivity index (χ2n) is 7.72. The van der Waals surface area contributed by atoms with Crippen molar-refractivity contribution >= 4 is 0 Å². The highest BCUT2D eigenvalue weighted by molar-refractivity contribution is 4.96. The summed E-state index contributed by atoms with van der Waals surface area (Å²) in [5.41, 5.74) is -0.313. The van der Waals surface area contributed by atoms with Crippen molar-refractivity contribution in [1.29, 1.82) is 0 Å². The Hall–Kier alpha value is -0.0400. The lowest BCUT2D eigenvalue weighted by atomic mass is 9.68. The van der Waals surface area contributed by atoms with Crippen molar-refractivity contribution in [3.63, 3.8) is 0 Å². The van der Waals surface area contributed by atoms with Gasteiger partial charge in [0.1, 0.15) is 0 Å². The van der Waals surface area contributed by atoms with Crippen LogP contribution in [0.2, 0.25) is 0 Å². The first-order valence-corrected chi connectivity index (χ1v) is 7.76. The molecule has 3 aliphatic carbocycles. The number of rotatable bonds is 2. The lowest BCUT2D eigenvalue weighted by Crippen LogP contribution is -2.40. The molecule has 0 amide bonds. The van der Waals surface area contributed by atoms with Gasteiger partial charge in [0.15, 0.2) is 0 Å². The van der Waals surface area contributed by atoms with Gasteiger partial charge in [0.05, 0.1) is 5.60 Å². The molecule has 1 nitrogen and oxygen atoms in total. The van der Waals surface area contributed by atoms with Gasteiger partial charge in [-0.25, -0.2) is 0 Å². The molecule has 0 radical (unpaired) electrons. The second-order valence-corrected chi connectivity index (χ2v) is 7.72. The van der Waals surface area contributed by atoms with Crippen LogP contribution in [0.3, 0.4) is 0 Å². The van der Waals surface area contributed by atoms with E-state index in [2.05, 4.69) is 13.8 Å². The maximum Gasteiger partial charge on any atom is 0.0655 e. The molecule has 1 N–H and O–H groups in total. The summed E-state index contributed by atoms with van der Waals surface area (Å²) in [6, 6.07) is 0. The van der Waals surface area contributed by atoms with E-state index in [1.165, 1.54) is 32.1 Å². The third kappa shape index (κ3) is 2.41. The number of aliphatic hydroxyl groups is 1. The van der Waals surface area contributed by atoms with Gasteiger partial charge in [0.2, 0.25) is 0 Å². The van der Waals surface area contributed by atoms with Crippen LogP contribution in [0.25, 0.3) is 0 Å². The Morgan fingerprint density at radius 3 is 2.24 bits per heavy atom. The Morgan fingerprint density at radius 2 is 1.71 bits per heavy atom. The fourth-order valence-corrected chi connectivity index (χ4v) is 5.52. The minimum atomic E-state index is -0.313. The van der Waals surface area contributed by atoms with Crippen molar-refractivity contribution in [1.82, 2.24) is 0 Å². The SMILES string of the molecule is CC1CC(C)CC(O)(CC2CC3CCC2C3)C1. The monoisotopic (exact) mass is 236 g/mol. The van der Waals surface area contributed by atoms with Crippen LogP contribution in [0.1, 0.15) is 65.2 Å². The van der Waals surface area contributed by atoms with Crippen LogP contribution in [0.15, 0.2) is 0 Å². The molecule has 2 bridgehead atoms. The predicted octanol–water partition coefficient (Wildman–Crippen LogP) is 4.00. The molecule has 98 valence electrons. The lowest BCUT2D eigenvalue weighted by molar-refractivity contribution is -0.0541. The van der Waals surface area contributed by atoms with Crippen LogP contribution < -0.4 is 0 Å². The van der Waals surface area contributed by atoms with Crippen molar-refractivity contribution < 1.29 is 5.11 Å². The molecule has 3 rings (SSSR count). The summed E-state index contributed by atoms with van der Waals surface area (Å²) in [5, 5.41) is 10.9. The van der Waals surface area contributed by atoms with E-state index < -0.39 is 0 Å². The van der Waals surface area contributed by atoms with Gasteiger partial charge in [0, 0.05) is 0 Å². The number of fused-ring (bicyclic) bond motifs is 2. The summed E-state index contributed by atoms with van der Waals surface area (Å²) in [6.45, 7) is 4.64. The van der Waals surface area contributed by atoms with E-state index in [9.17, 15) is 5.11 Å². The largest absolute Gasteiger partial charge is 0.390 e. The van der Waals surface area contributed by atoms with Crippen LogP contribution >= 0.6 is 0 Å². The Morgan fingerprint density at radius 1 is 1.00 bits per heavy atom. The topological polar surface area (TPSA) is 20.2 Å². The van der Waals surface area contributed by atoms with Gasteiger partial charge in [-0.1, -0.05) is 20.3 Å². The molecular weight excluding hydrogens is 208 g/mol. The lowest BCUT2D eigenvalue weighted by Gasteiger charge is -2.41. The molecule has 0 aromatic rings. The fourth-order valence-electron chi connectivity index (χ4n) is 5.52. The first-order chi connectivity index (χ1) is 8.04. The Labute approximate surface area is 106 Å². The molecule has 17 heavy (non-hydrogen) atoms. The smallest absolute Gasteiger partial charge is 0.0655 e. The van der Waals surface area contributed by atoms with Crippen LogP contribution in [0, 0.1) is 29.6 Å². The van der Waals surface area contributed by atoms with Crippen LogP contribution in [0.4, 0.5) is 0 Å². The zero-order valence-corrected chi connectivity index (χ0v) is 11.5. The molecule has 0 aromatic heterocycles. The number of hydrogen-bond donors (Lipinski definition) is 1. The minimum absolute atomic E-state index is 0.313. The summed E-state index contributed by atoms with van der Waals surface area (Å²) < 4.78 is 0. The van der Waals surface area contributed by atoms with E-state index in [0.717, 1.165) is 48.9 Å². The van der Waals surface area contributed by atoms with E-state index in [-0.39, 0.29) is 5.60 Å². The average molecular weight is 236 g/mol. The first-order valence-electron chi connectivity index (χ1n) is 7.76. The highest BCUT2D eigenvalue weighted by Gasteiger charge is 2.45. The molecule has 0 heterocycles. The van der Waals surface area contributed by atoms with E-state index in [1.807, 2.05) is 0 Å². The molecule has 0 spiro atoms. The maximum absolute atomic E-state index is 10.9. The average Bonchev–Trinajstić information content (AvgIpc) is 2.75. The van der Waals surface area contributed by atoms with Gasteiger partial charge in [-0.05, 0) is 74.5 Å². The van der Waals surface area contributed by atoms with Crippen molar-refractivity contribution in [2.24, 2.45) is 29.6 Å². The van der Waals surface area contributed by atoms with E-state index in [0.29, 0.717) is 0 Å². The summed E-state index contributed by atoms with van der Waals surface area (Å²) in [5.74, 6) is 4.30. The van der Waals surface area contributed by atoms with E-state index in [4.69, 9.17) is 0 Å². The van der Waals surface area contributed by atoms with Crippen molar-refractivity contribution in [3.8, 4) is 0 Å². The quantitative estimate of drug-likeness (QED) is 0.768. The maximum atomic E-state index is 10.9.